The number of hydrogen-bond acceptors (Lipinski definition) is 5. The Morgan fingerprint density at radius 3 is 2.81 bits per heavy atom. The van der Waals surface area contributed by atoms with Crippen LogP contribution in [0.4, 0.5) is 8.78 Å². The summed E-state index contributed by atoms with van der Waals surface area (Å²) in [5.74, 6) is 2.98. The van der Waals surface area contributed by atoms with Crippen molar-refractivity contribution in [1.82, 2.24) is 9.55 Å². The third kappa shape index (κ3) is 2.37. The van der Waals surface area contributed by atoms with E-state index in [-0.39, 0.29) is 0 Å². The van der Waals surface area contributed by atoms with Gasteiger partial charge in [0.25, 0.3) is 5.56 Å². The van der Waals surface area contributed by atoms with Crippen LogP contribution in [0.25, 0.3) is 0 Å². The van der Waals surface area contributed by atoms with Crippen molar-refractivity contribution in [1.29, 1.82) is 0 Å². The summed E-state index contributed by atoms with van der Waals surface area (Å²) in [6, 6.07) is 0. The summed E-state index contributed by atoms with van der Waals surface area (Å²) in [5.41, 5.74) is -5.13. The van der Waals surface area contributed by atoms with Gasteiger partial charge >= 0.3 is 5.69 Å². The fourth-order valence-corrected chi connectivity index (χ4v) is 2.13. The van der Waals surface area contributed by atoms with Gasteiger partial charge in [-0.2, -0.15) is 4.39 Å². The predicted octanol–water partition coefficient (Wildman–Crippen LogP) is -1.34. The number of H-pyrrole nitrogens is 1. The Hall–Kier alpha value is -2.02. The molecule has 2 heterocycles. The van der Waals surface area contributed by atoms with E-state index in [4.69, 9.17) is 9.84 Å². The molecular weight excluding hydrogens is 290 g/mol. The van der Waals surface area contributed by atoms with Crippen molar-refractivity contribution in [3.05, 3.63) is 32.9 Å². The van der Waals surface area contributed by atoms with Gasteiger partial charge in [-0.15, -0.1) is 5.92 Å². The van der Waals surface area contributed by atoms with Crippen LogP contribution in [-0.2, 0) is 4.74 Å². The van der Waals surface area contributed by atoms with E-state index in [1.165, 1.54) is 6.92 Å². The molecule has 1 aromatic heterocycles. The molecule has 9 heteroatoms. The first kappa shape index (κ1) is 15.4. The third-order valence-corrected chi connectivity index (χ3v) is 3.12. The van der Waals surface area contributed by atoms with Crippen LogP contribution in [0, 0.1) is 17.7 Å². The SMILES string of the molecule is CC#CC1(F)C(n2cc(F)c(=O)[nH]c2=O)OC(CO)[C@@H]1O. The van der Waals surface area contributed by atoms with Gasteiger partial charge in [-0.05, 0) is 6.92 Å². The van der Waals surface area contributed by atoms with E-state index in [1.807, 2.05) is 0 Å². The zero-order valence-electron chi connectivity index (χ0n) is 10.8. The first-order chi connectivity index (χ1) is 9.85. The van der Waals surface area contributed by atoms with Crippen LogP contribution >= 0.6 is 0 Å². The van der Waals surface area contributed by atoms with E-state index in [2.05, 4.69) is 11.8 Å². The van der Waals surface area contributed by atoms with Crippen molar-refractivity contribution in [2.24, 2.45) is 0 Å². The van der Waals surface area contributed by atoms with Crippen molar-refractivity contribution in [2.45, 2.75) is 31.0 Å². The highest BCUT2D eigenvalue weighted by molar-refractivity contribution is 5.22. The highest BCUT2D eigenvalue weighted by atomic mass is 19.1. The molecule has 21 heavy (non-hydrogen) atoms. The number of nitrogens with zero attached hydrogens (tertiary/aromatic N) is 1. The van der Waals surface area contributed by atoms with E-state index in [0.717, 1.165) is 0 Å². The predicted molar refractivity (Wildman–Crippen MR) is 65.6 cm³/mol. The van der Waals surface area contributed by atoms with Gasteiger partial charge in [-0.3, -0.25) is 14.3 Å². The molecule has 0 amide bonds. The normalized spacial score (nSPS) is 31.8. The van der Waals surface area contributed by atoms with Gasteiger partial charge in [-0.1, -0.05) is 5.92 Å². The minimum Gasteiger partial charge on any atom is -0.394 e. The van der Waals surface area contributed by atoms with Crippen LogP contribution in [0.3, 0.4) is 0 Å². The van der Waals surface area contributed by atoms with E-state index < -0.39 is 47.8 Å². The number of alkyl halides is 1. The van der Waals surface area contributed by atoms with Crippen LogP contribution in [0.15, 0.2) is 15.8 Å². The number of rotatable bonds is 2. The zero-order chi connectivity index (χ0) is 15.8. The van der Waals surface area contributed by atoms with Crippen LogP contribution in [0.1, 0.15) is 13.2 Å². The number of aliphatic hydroxyl groups is 2. The molecule has 0 aliphatic carbocycles. The van der Waals surface area contributed by atoms with Crippen molar-refractivity contribution < 1.29 is 23.7 Å². The molecular formula is C12H12F2N2O5. The van der Waals surface area contributed by atoms with Crippen LogP contribution in [-0.4, -0.2) is 44.2 Å². The molecule has 0 saturated carbocycles. The lowest BCUT2D eigenvalue weighted by molar-refractivity contribution is -0.0547. The number of hydrogen-bond donors (Lipinski definition) is 3. The Labute approximate surface area is 116 Å². The molecule has 114 valence electrons. The number of nitrogens with one attached hydrogen (secondary N) is 1. The smallest absolute Gasteiger partial charge is 0.330 e. The quantitative estimate of drug-likeness (QED) is 0.586. The number of aromatic nitrogens is 2. The monoisotopic (exact) mass is 302 g/mol. The topological polar surface area (TPSA) is 105 Å². The maximum Gasteiger partial charge on any atom is 0.330 e. The summed E-state index contributed by atoms with van der Waals surface area (Å²) in [5, 5.41) is 18.9. The van der Waals surface area contributed by atoms with Crippen LogP contribution < -0.4 is 11.2 Å². The van der Waals surface area contributed by atoms with Crippen molar-refractivity contribution in [3.63, 3.8) is 0 Å². The Kier molecular flexibility index (Phi) is 3.95. The molecule has 1 aliphatic heterocycles. The number of ether oxygens (including phenoxy) is 1. The lowest BCUT2D eigenvalue weighted by atomic mass is 9.96. The summed E-state index contributed by atoms with van der Waals surface area (Å²) in [4.78, 5) is 24.3. The molecule has 1 fully saturated rings. The minimum absolute atomic E-state index is 0.444. The van der Waals surface area contributed by atoms with Crippen molar-refractivity contribution in [2.75, 3.05) is 6.61 Å². The van der Waals surface area contributed by atoms with Gasteiger partial charge in [0.15, 0.2) is 6.23 Å². The van der Waals surface area contributed by atoms with Gasteiger partial charge in [0.05, 0.1) is 12.8 Å². The highest BCUT2D eigenvalue weighted by Gasteiger charge is 2.57. The molecule has 2 rings (SSSR count). The van der Waals surface area contributed by atoms with E-state index >= 15 is 0 Å². The van der Waals surface area contributed by atoms with Crippen molar-refractivity contribution >= 4 is 0 Å². The second-order valence-corrected chi connectivity index (χ2v) is 4.44. The first-order valence-corrected chi connectivity index (χ1v) is 5.93. The molecule has 7 nitrogen and oxygen atoms in total. The Morgan fingerprint density at radius 1 is 1.57 bits per heavy atom. The van der Waals surface area contributed by atoms with E-state index in [0.29, 0.717) is 10.8 Å². The summed E-state index contributed by atoms with van der Waals surface area (Å²) < 4.78 is 33.7. The average molecular weight is 302 g/mol. The molecule has 3 unspecified atom stereocenters. The Bertz CT molecular complexity index is 719. The molecule has 0 radical (unpaired) electrons. The average Bonchev–Trinajstić information content (AvgIpc) is 2.67. The molecule has 0 bridgehead atoms. The lowest BCUT2D eigenvalue weighted by Gasteiger charge is -2.23. The molecule has 0 spiro atoms. The largest absolute Gasteiger partial charge is 0.394 e. The summed E-state index contributed by atoms with van der Waals surface area (Å²) in [6.45, 7) is 0.572. The maximum absolute atomic E-state index is 14.9. The first-order valence-electron chi connectivity index (χ1n) is 5.93. The Balaban J connectivity index is 2.60. The molecule has 3 N–H and O–H groups in total. The van der Waals surface area contributed by atoms with Gasteiger partial charge in [0.1, 0.15) is 12.2 Å². The summed E-state index contributed by atoms with van der Waals surface area (Å²) in [7, 11) is 0. The number of halogens is 2. The van der Waals surface area contributed by atoms with Gasteiger partial charge in [-0.25, -0.2) is 9.18 Å². The summed E-state index contributed by atoms with van der Waals surface area (Å²) in [6.07, 6.45) is -4.54. The highest BCUT2D eigenvalue weighted by Crippen LogP contribution is 2.40. The van der Waals surface area contributed by atoms with Gasteiger partial charge in [0.2, 0.25) is 11.5 Å². The second kappa shape index (κ2) is 5.40. The molecule has 1 aromatic rings. The van der Waals surface area contributed by atoms with E-state index in [9.17, 15) is 23.5 Å². The number of aliphatic hydroxyl groups excluding tert-OH is 2. The lowest BCUT2D eigenvalue weighted by Crippen LogP contribution is -2.45. The number of aromatic amines is 1. The van der Waals surface area contributed by atoms with Gasteiger partial charge < -0.3 is 14.9 Å². The standard InChI is InChI=1S/C12H12F2N2O5/c1-2-3-12(14)8(18)7(5-17)21-10(12)16-4-6(13)9(19)15-11(16)20/h4,7-8,10,17-18H,5H2,1H3,(H,15,19,20)/t7?,8-,10?,12?/m0/s1. The fraction of sp³-hybridized carbons (Fsp3) is 0.500. The fourth-order valence-electron chi connectivity index (χ4n) is 2.13. The second-order valence-electron chi connectivity index (χ2n) is 4.44. The molecule has 1 saturated heterocycles. The molecule has 1 aliphatic rings. The third-order valence-electron chi connectivity index (χ3n) is 3.12. The molecule has 0 aromatic carbocycles. The van der Waals surface area contributed by atoms with Gasteiger partial charge in [0, 0.05) is 0 Å². The minimum atomic E-state index is -2.74. The zero-order valence-corrected chi connectivity index (χ0v) is 10.8. The molecule has 4 atom stereocenters. The maximum atomic E-state index is 14.9. The van der Waals surface area contributed by atoms with E-state index in [1.54, 1.807) is 4.98 Å². The van der Waals surface area contributed by atoms with Crippen LogP contribution in [0.5, 0.6) is 0 Å². The Morgan fingerprint density at radius 2 is 2.24 bits per heavy atom. The van der Waals surface area contributed by atoms with Crippen molar-refractivity contribution in [3.8, 4) is 11.8 Å². The summed E-state index contributed by atoms with van der Waals surface area (Å²) >= 11 is 0. The van der Waals surface area contributed by atoms with Crippen LogP contribution in [0.2, 0.25) is 0 Å².